The second kappa shape index (κ2) is 5.70. The predicted octanol–water partition coefficient (Wildman–Crippen LogP) is 3.20. The van der Waals surface area contributed by atoms with E-state index in [0.717, 1.165) is 27.1 Å². The zero-order valence-corrected chi connectivity index (χ0v) is 14.5. The van der Waals surface area contributed by atoms with Crippen molar-refractivity contribution in [2.45, 2.75) is 13.8 Å². The smallest absolute Gasteiger partial charge is 0.273 e. The van der Waals surface area contributed by atoms with Crippen LogP contribution in [0.15, 0.2) is 40.5 Å². The molecule has 112 valence electrons. The molecule has 0 spiro atoms. The summed E-state index contributed by atoms with van der Waals surface area (Å²) in [6.45, 7) is 4.08. The third-order valence-corrected chi connectivity index (χ3v) is 4.31. The van der Waals surface area contributed by atoms with Crippen molar-refractivity contribution in [2.24, 2.45) is 0 Å². The minimum Gasteiger partial charge on any atom is -0.328 e. The van der Waals surface area contributed by atoms with Crippen molar-refractivity contribution in [3.05, 3.63) is 57.5 Å². The lowest BCUT2D eigenvalue weighted by atomic mass is 10.2. The number of rotatable bonds is 2. The molecule has 0 radical (unpaired) electrons. The highest BCUT2D eigenvalue weighted by molar-refractivity contribution is 9.10. The average Bonchev–Trinajstić information content (AvgIpc) is 2.92. The third kappa shape index (κ3) is 2.71. The summed E-state index contributed by atoms with van der Waals surface area (Å²) in [6, 6.07) is 10.2. The number of amides is 1. The lowest BCUT2D eigenvalue weighted by molar-refractivity contribution is -0.115. The van der Waals surface area contributed by atoms with Crippen molar-refractivity contribution in [2.75, 3.05) is 0 Å². The van der Waals surface area contributed by atoms with Crippen LogP contribution in [0.2, 0.25) is 0 Å². The fourth-order valence-corrected chi connectivity index (χ4v) is 3.03. The molecule has 0 saturated carbocycles. The van der Waals surface area contributed by atoms with E-state index in [-0.39, 0.29) is 5.91 Å². The second-order valence-corrected chi connectivity index (χ2v) is 6.43. The zero-order valence-electron chi connectivity index (χ0n) is 12.1. The maximum atomic E-state index is 11.8. The molecule has 1 aliphatic rings. The van der Waals surface area contributed by atoms with E-state index in [0.29, 0.717) is 10.8 Å². The average molecular weight is 376 g/mol. The van der Waals surface area contributed by atoms with E-state index >= 15 is 0 Å². The van der Waals surface area contributed by atoms with Crippen LogP contribution in [0.4, 0.5) is 0 Å². The minimum absolute atomic E-state index is 0.196. The van der Waals surface area contributed by atoms with E-state index in [1.807, 2.05) is 32.1 Å². The molecule has 22 heavy (non-hydrogen) atoms. The van der Waals surface area contributed by atoms with Gasteiger partial charge < -0.3 is 9.88 Å². The molecule has 3 rings (SSSR count). The van der Waals surface area contributed by atoms with Gasteiger partial charge in [0.1, 0.15) is 5.70 Å². The first-order valence-corrected chi connectivity index (χ1v) is 7.95. The summed E-state index contributed by atoms with van der Waals surface area (Å²) in [5.74, 6) is -0.196. The summed E-state index contributed by atoms with van der Waals surface area (Å²) >= 11 is 8.40. The van der Waals surface area contributed by atoms with Gasteiger partial charge in [0, 0.05) is 21.5 Å². The highest BCUT2D eigenvalue weighted by atomic mass is 79.9. The Balaban J connectivity index is 2.04. The summed E-state index contributed by atoms with van der Waals surface area (Å²) in [7, 11) is 0. The van der Waals surface area contributed by atoms with Crippen LogP contribution in [-0.4, -0.2) is 15.6 Å². The molecule has 0 atom stereocenters. The molecule has 0 unspecified atom stereocenters. The Morgan fingerprint density at radius 2 is 1.86 bits per heavy atom. The van der Waals surface area contributed by atoms with Gasteiger partial charge in [0.2, 0.25) is 0 Å². The van der Waals surface area contributed by atoms with E-state index in [1.165, 1.54) is 0 Å². The standard InChI is InChI=1S/C16H14BrN3OS/c1-9-7-11(8-14-15(21)19-16(22)18-14)10(2)20(9)13-5-3-12(17)4-6-13/h3-8H,1-2H3,(H2,18,19,21,22)/b14-8-. The van der Waals surface area contributed by atoms with E-state index in [4.69, 9.17) is 12.2 Å². The molecule has 1 aromatic heterocycles. The largest absolute Gasteiger partial charge is 0.328 e. The molecule has 2 N–H and O–H groups in total. The maximum absolute atomic E-state index is 11.8. The highest BCUT2D eigenvalue weighted by Gasteiger charge is 2.21. The number of carbonyl (C=O) groups excluding carboxylic acids is 1. The van der Waals surface area contributed by atoms with E-state index in [9.17, 15) is 4.79 Å². The Hall–Kier alpha value is -1.92. The van der Waals surface area contributed by atoms with Crippen LogP contribution in [0, 0.1) is 13.8 Å². The van der Waals surface area contributed by atoms with Crippen LogP contribution in [0.25, 0.3) is 11.8 Å². The van der Waals surface area contributed by atoms with Crippen molar-refractivity contribution in [3.8, 4) is 5.69 Å². The Labute approximate surface area is 142 Å². The van der Waals surface area contributed by atoms with Crippen LogP contribution < -0.4 is 10.6 Å². The normalized spacial score (nSPS) is 16.0. The summed E-state index contributed by atoms with van der Waals surface area (Å²) in [5.41, 5.74) is 4.72. The van der Waals surface area contributed by atoms with Gasteiger partial charge in [0.15, 0.2) is 5.11 Å². The van der Waals surface area contributed by atoms with Crippen LogP contribution in [0.1, 0.15) is 17.0 Å². The number of nitrogens with one attached hydrogen (secondary N) is 2. The first kappa shape index (κ1) is 15.0. The number of nitrogens with zero attached hydrogens (tertiary/aromatic N) is 1. The molecule has 1 fully saturated rings. The number of benzene rings is 1. The molecule has 1 saturated heterocycles. The number of thiocarbonyl (C=S) groups is 1. The van der Waals surface area contributed by atoms with Crippen molar-refractivity contribution in [3.63, 3.8) is 0 Å². The summed E-state index contributed by atoms with van der Waals surface area (Å²) in [6.07, 6.45) is 1.83. The molecule has 1 aliphatic heterocycles. The third-order valence-electron chi connectivity index (χ3n) is 3.57. The quantitative estimate of drug-likeness (QED) is 0.625. The number of halogens is 1. The van der Waals surface area contributed by atoms with Gasteiger partial charge >= 0.3 is 0 Å². The Morgan fingerprint density at radius 1 is 1.18 bits per heavy atom. The molecule has 6 heteroatoms. The van der Waals surface area contributed by atoms with Gasteiger partial charge in [-0.05, 0) is 68.0 Å². The van der Waals surface area contributed by atoms with Gasteiger partial charge in [0.25, 0.3) is 5.91 Å². The molecule has 0 aliphatic carbocycles. The summed E-state index contributed by atoms with van der Waals surface area (Å²) in [4.78, 5) is 11.8. The van der Waals surface area contributed by atoms with Gasteiger partial charge in [0.05, 0.1) is 0 Å². The lowest BCUT2D eigenvalue weighted by Crippen LogP contribution is -2.21. The first-order chi connectivity index (χ1) is 10.5. The number of aryl methyl sites for hydroxylation is 1. The van der Waals surface area contributed by atoms with E-state index < -0.39 is 0 Å². The van der Waals surface area contributed by atoms with Crippen molar-refractivity contribution in [1.29, 1.82) is 0 Å². The molecule has 0 bridgehead atoms. The topological polar surface area (TPSA) is 46.1 Å². The highest BCUT2D eigenvalue weighted by Crippen LogP contribution is 2.24. The second-order valence-electron chi connectivity index (χ2n) is 5.10. The lowest BCUT2D eigenvalue weighted by Gasteiger charge is -2.09. The van der Waals surface area contributed by atoms with Crippen molar-refractivity contribution >= 4 is 45.2 Å². The molecule has 1 aromatic carbocycles. The van der Waals surface area contributed by atoms with Crippen LogP contribution >= 0.6 is 28.1 Å². The summed E-state index contributed by atoms with van der Waals surface area (Å²) < 4.78 is 3.20. The number of carbonyl (C=O) groups is 1. The molecule has 4 nitrogen and oxygen atoms in total. The fourth-order valence-electron chi connectivity index (χ4n) is 2.56. The van der Waals surface area contributed by atoms with Crippen molar-refractivity contribution < 1.29 is 4.79 Å². The van der Waals surface area contributed by atoms with Crippen molar-refractivity contribution in [1.82, 2.24) is 15.2 Å². The molecule has 1 amide bonds. The first-order valence-electron chi connectivity index (χ1n) is 6.74. The number of hydrogen-bond donors (Lipinski definition) is 2. The Bertz CT molecular complexity index is 806. The number of hydrogen-bond acceptors (Lipinski definition) is 2. The van der Waals surface area contributed by atoms with Crippen LogP contribution in [0.3, 0.4) is 0 Å². The monoisotopic (exact) mass is 375 g/mol. The van der Waals surface area contributed by atoms with E-state index in [1.54, 1.807) is 0 Å². The Morgan fingerprint density at radius 3 is 2.45 bits per heavy atom. The molecular formula is C16H14BrN3OS. The predicted molar refractivity (Wildman–Crippen MR) is 94.8 cm³/mol. The van der Waals surface area contributed by atoms with Gasteiger partial charge in [-0.3, -0.25) is 10.1 Å². The van der Waals surface area contributed by atoms with Gasteiger partial charge in [-0.25, -0.2) is 0 Å². The maximum Gasteiger partial charge on any atom is 0.273 e. The SMILES string of the molecule is Cc1cc(/C=C2\NC(=S)NC2=O)c(C)n1-c1ccc(Br)cc1. The molecule has 2 heterocycles. The Kier molecular flexibility index (Phi) is 3.88. The van der Waals surface area contributed by atoms with Gasteiger partial charge in [-0.2, -0.15) is 0 Å². The van der Waals surface area contributed by atoms with Crippen LogP contribution in [0.5, 0.6) is 0 Å². The van der Waals surface area contributed by atoms with Crippen LogP contribution in [-0.2, 0) is 4.79 Å². The zero-order chi connectivity index (χ0) is 15.9. The molecular weight excluding hydrogens is 362 g/mol. The fraction of sp³-hybridized carbons (Fsp3) is 0.125. The van der Waals surface area contributed by atoms with Gasteiger partial charge in [-0.1, -0.05) is 15.9 Å². The molecule has 2 aromatic rings. The minimum atomic E-state index is -0.196. The summed E-state index contributed by atoms with van der Waals surface area (Å²) in [5, 5.41) is 5.78. The number of aromatic nitrogens is 1. The van der Waals surface area contributed by atoms with Gasteiger partial charge in [-0.15, -0.1) is 0 Å². The van der Waals surface area contributed by atoms with E-state index in [2.05, 4.69) is 49.3 Å².